The van der Waals surface area contributed by atoms with Gasteiger partial charge in [0.05, 0.1) is 17.4 Å². The number of hydrazine groups is 1. The SMILES string of the molecule is CC1=CC[C@H]2C(=O)N(NC(=O)c3ccccc3Br)C(=O)[C@@H]2C1. The summed E-state index contributed by atoms with van der Waals surface area (Å²) in [4.78, 5) is 37.0. The molecule has 0 aromatic heterocycles. The van der Waals surface area contributed by atoms with Gasteiger partial charge >= 0.3 is 0 Å². The third kappa shape index (κ3) is 2.47. The van der Waals surface area contributed by atoms with Crippen molar-refractivity contribution in [3.8, 4) is 0 Å². The Balaban J connectivity index is 1.79. The van der Waals surface area contributed by atoms with E-state index in [1.165, 1.54) is 0 Å². The molecule has 22 heavy (non-hydrogen) atoms. The molecule has 1 aliphatic carbocycles. The summed E-state index contributed by atoms with van der Waals surface area (Å²) >= 11 is 3.29. The van der Waals surface area contributed by atoms with Gasteiger partial charge in [0, 0.05) is 4.47 Å². The second-order valence-corrected chi connectivity index (χ2v) is 6.49. The lowest BCUT2D eigenvalue weighted by atomic mass is 9.82. The Labute approximate surface area is 136 Å². The zero-order valence-corrected chi connectivity index (χ0v) is 13.6. The number of benzene rings is 1. The Bertz CT molecular complexity index is 698. The average molecular weight is 363 g/mol. The predicted molar refractivity (Wildman–Crippen MR) is 83.4 cm³/mol. The van der Waals surface area contributed by atoms with Gasteiger partial charge in [-0.05, 0) is 47.8 Å². The first-order chi connectivity index (χ1) is 10.5. The zero-order valence-electron chi connectivity index (χ0n) is 12.0. The molecule has 2 aliphatic rings. The highest BCUT2D eigenvalue weighted by Gasteiger charge is 2.49. The van der Waals surface area contributed by atoms with Crippen LogP contribution in [0.3, 0.4) is 0 Å². The average Bonchev–Trinajstić information content (AvgIpc) is 2.72. The standard InChI is InChI=1S/C16H15BrN2O3/c1-9-6-7-10-12(8-9)16(22)19(15(10)21)18-14(20)11-4-2-3-5-13(11)17/h2-6,10,12H,7-8H2,1H3,(H,18,20)/t10-,12-/m1/s1. The summed E-state index contributed by atoms with van der Waals surface area (Å²) in [7, 11) is 0. The fourth-order valence-corrected chi connectivity index (χ4v) is 3.42. The fraction of sp³-hybridized carbons (Fsp3) is 0.312. The second-order valence-electron chi connectivity index (χ2n) is 5.64. The van der Waals surface area contributed by atoms with Crippen LogP contribution >= 0.6 is 15.9 Å². The van der Waals surface area contributed by atoms with Gasteiger partial charge in [-0.1, -0.05) is 23.8 Å². The summed E-state index contributed by atoms with van der Waals surface area (Å²) < 4.78 is 0.613. The number of allylic oxidation sites excluding steroid dienone is 2. The van der Waals surface area contributed by atoms with E-state index in [-0.39, 0.29) is 23.7 Å². The summed E-state index contributed by atoms with van der Waals surface area (Å²) in [5, 5.41) is 0.892. The summed E-state index contributed by atoms with van der Waals surface area (Å²) in [5.41, 5.74) is 3.94. The first kappa shape index (κ1) is 15.0. The van der Waals surface area contributed by atoms with Crippen LogP contribution in [-0.4, -0.2) is 22.7 Å². The molecule has 1 aromatic rings. The van der Waals surface area contributed by atoms with Crippen LogP contribution in [0, 0.1) is 11.8 Å². The Kier molecular flexibility index (Phi) is 3.87. The maximum atomic E-state index is 12.4. The van der Waals surface area contributed by atoms with Gasteiger partial charge in [0.15, 0.2) is 0 Å². The van der Waals surface area contributed by atoms with Gasteiger partial charge in [0.1, 0.15) is 0 Å². The fourth-order valence-electron chi connectivity index (χ4n) is 2.95. The molecule has 6 heteroatoms. The minimum Gasteiger partial charge on any atom is -0.272 e. The van der Waals surface area contributed by atoms with E-state index in [0.29, 0.717) is 22.9 Å². The van der Waals surface area contributed by atoms with Crippen LogP contribution in [0.4, 0.5) is 0 Å². The molecule has 1 fully saturated rings. The molecule has 1 aliphatic heterocycles. The summed E-state index contributed by atoms with van der Waals surface area (Å²) in [5.74, 6) is -1.81. The van der Waals surface area contributed by atoms with Gasteiger partial charge in [-0.25, -0.2) is 0 Å². The third-order valence-corrected chi connectivity index (χ3v) is 4.85. The van der Waals surface area contributed by atoms with Crippen molar-refractivity contribution in [1.82, 2.24) is 10.4 Å². The summed E-state index contributed by atoms with van der Waals surface area (Å²) in [6.07, 6.45) is 3.13. The van der Waals surface area contributed by atoms with Gasteiger partial charge in [0.25, 0.3) is 17.7 Å². The molecule has 1 heterocycles. The molecule has 0 radical (unpaired) electrons. The van der Waals surface area contributed by atoms with Crippen molar-refractivity contribution in [3.05, 3.63) is 46.0 Å². The molecule has 1 aromatic carbocycles. The van der Waals surface area contributed by atoms with Crippen molar-refractivity contribution in [1.29, 1.82) is 0 Å². The molecular formula is C16H15BrN2O3. The number of hydrogen-bond acceptors (Lipinski definition) is 3. The number of imide groups is 1. The molecule has 2 atom stereocenters. The van der Waals surface area contributed by atoms with Gasteiger partial charge in [-0.2, -0.15) is 5.01 Å². The molecule has 0 bridgehead atoms. The number of carbonyl (C=O) groups excluding carboxylic acids is 3. The monoisotopic (exact) mass is 362 g/mol. The number of nitrogens with zero attached hydrogens (tertiary/aromatic N) is 1. The summed E-state index contributed by atoms with van der Waals surface area (Å²) in [6.45, 7) is 1.95. The molecule has 5 nitrogen and oxygen atoms in total. The molecule has 0 spiro atoms. The number of hydrogen-bond donors (Lipinski definition) is 1. The molecule has 3 rings (SSSR count). The van der Waals surface area contributed by atoms with E-state index in [1.54, 1.807) is 24.3 Å². The number of rotatable bonds is 2. The first-order valence-corrected chi connectivity index (χ1v) is 7.87. The first-order valence-electron chi connectivity index (χ1n) is 7.08. The Morgan fingerprint density at radius 2 is 1.91 bits per heavy atom. The highest BCUT2D eigenvalue weighted by atomic mass is 79.9. The third-order valence-electron chi connectivity index (χ3n) is 4.15. The molecule has 3 amide bonds. The molecule has 1 N–H and O–H groups in total. The Morgan fingerprint density at radius 1 is 1.23 bits per heavy atom. The van der Waals surface area contributed by atoms with Gasteiger partial charge in [0.2, 0.25) is 0 Å². The summed E-state index contributed by atoms with van der Waals surface area (Å²) in [6, 6.07) is 6.87. The van der Waals surface area contributed by atoms with Crippen molar-refractivity contribution in [2.24, 2.45) is 11.8 Å². The van der Waals surface area contributed by atoms with E-state index in [0.717, 1.165) is 10.6 Å². The minimum absolute atomic E-state index is 0.317. The minimum atomic E-state index is -0.475. The number of nitrogens with one attached hydrogen (secondary N) is 1. The van der Waals surface area contributed by atoms with E-state index >= 15 is 0 Å². The lowest BCUT2D eigenvalue weighted by molar-refractivity contribution is -0.142. The van der Waals surface area contributed by atoms with Crippen LogP contribution in [0.25, 0.3) is 0 Å². The predicted octanol–water partition coefficient (Wildman–Crippen LogP) is 2.44. The topological polar surface area (TPSA) is 66.5 Å². The van der Waals surface area contributed by atoms with Crippen LogP contribution in [-0.2, 0) is 9.59 Å². The van der Waals surface area contributed by atoms with Crippen molar-refractivity contribution >= 4 is 33.7 Å². The quantitative estimate of drug-likeness (QED) is 0.648. The van der Waals surface area contributed by atoms with E-state index < -0.39 is 5.91 Å². The smallest absolute Gasteiger partial charge is 0.271 e. The van der Waals surface area contributed by atoms with Crippen molar-refractivity contribution in [2.45, 2.75) is 19.8 Å². The molecule has 0 unspecified atom stereocenters. The van der Waals surface area contributed by atoms with E-state index in [1.807, 2.05) is 13.0 Å². The van der Waals surface area contributed by atoms with Crippen molar-refractivity contribution in [2.75, 3.05) is 0 Å². The maximum Gasteiger partial charge on any atom is 0.271 e. The number of fused-ring (bicyclic) bond motifs is 1. The second kappa shape index (κ2) is 5.68. The van der Waals surface area contributed by atoms with Crippen LogP contribution in [0.2, 0.25) is 0 Å². The van der Waals surface area contributed by atoms with E-state index in [4.69, 9.17) is 0 Å². The van der Waals surface area contributed by atoms with Crippen LogP contribution in [0.1, 0.15) is 30.1 Å². The highest BCUT2D eigenvalue weighted by molar-refractivity contribution is 9.10. The van der Waals surface area contributed by atoms with Gasteiger partial charge in [-0.3, -0.25) is 19.8 Å². The van der Waals surface area contributed by atoms with Crippen LogP contribution in [0.15, 0.2) is 40.4 Å². The molecule has 0 saturated carbocycles. The van der Waals surface area contributed by atoms with Gasteiger partial charge in [-0.15, -0.1) is 0 Å². The van der Waals surface area contributed by atoms with E-state index in [9.17, 15) is 14.4 Å². The highest BCUT2D eigenvalue weighted by Crippen LogP contribution is 2.36. The number of halogens is 1. The lowest BCUT2D eigenvalue weighted by Gasteiger charge is -2.18. The Hall–Kier alpha value is -1.95. The van der Waals surface area contributed by atoms with Crippen molar-refractivity contribution in [3.63, 3.8) is 0 Å². The van der Waals surface area contributed by atoms with E-state index in [2.05, 4.69) is 21.4 Å². The van der Waals surface area contributed by atoms with Crippen LogP contribution in [0.5, 0.6) is 0 Å². The normalized spacial score (nSPS) is 24.1. The maximum absolute atomic E-state index is 12.4. The lowest BCUT2D eigenvalue weighted by Crippen LogP contribution is -2.46. The zero-order chi connectivity index (χ0) is 15.9. The largest absolute Gasteiger partial charge is 0.272 e. The van der Waals surface area contributed by atoms with Crippen molar-refractivity contribution < 1.29 is 14.4 Å². The number of amides is 3. The van der Waals surface area contributed by atoms with Gasteiger partial charge < -0.3 is 0 Å². The molecule has 1 saturated heterocycles. The molecule has 114 valence electrons. The Morgan fingerprint density at radius 3 is 2.64 bits per heavy atom. The number of carbonyl (C=O) groups is 3. The van der Waals surface area contributed by atoms with Crippen LogP contribution < -0.4 is 5.43 Å². The molecular weight excluding hydrogens is 348 g/mol.